The quantitative estimate of drug-likeness (QED) is 0.254. The van der Waals surface area contributed by atoms with Crippen molar-refractivity contribution in [2.24, 2.45) is 0 Å². The number of unbranched alkanes of at least 4 members (excludes halogenated alkanes) is 8. The normalized spacial score (nSPS) is 9.85. The van der Waals surface area contributed by atoms with Crippen molar-refractivity contribution in [3.05, 3.63) is 35.9 Å². The van der Waals surface area contributed by atoms with Crippen LogP contribution >= 0.6 is 0 Å². The molecule has 0 atom stereocenters. The van der Waals surface area contributed by atoms with Crippen LogP contribution in [0.25, 0.3) is 0 Å². The van der Waals surface area contributed by atoms with Gasteiger partial charge in [0.25, 0.3) is 0 Å². The van der Waals surface area contributed by atoms with Crippen molar-refractivity contribution in [3.63, 3.8) is 0 Å². The fourth-order valence-corrected chi connectivity index (χ4v) is 2.15. The fourth-order valence-electron chi connectivity index (χ4n) is 2.15. The Morgan fingerprint density at radius 1 is 0.900 bits per heavy atom. The van der Waals surface area contributed by atoms with E-state index in [1.165, 1.54) is 44.9 Å². The topological polar surface area (TPSA) is 17.1 Å². The van der Waals surface area contributed by atoms with Gasteiger partial charge in [-0.2, -0.15) is 0 Å². The highest BCUT2D eigenvalue weighted by Crippen LogP contribution is 2.09. The third-order valence-corrected chi connectivity index (χ3v) is 3.39. The number of carbonyl (C=O) groups is 1. The summed E-state index contributed by atoms with van der Waals surface area (Å²) < 4.78 is 0. The smallest absolute Gasteiger partial charge is 0.235 e. The summed E-state index contributed by atoms with van der Waals surface area (Å²) in [6.45, 7) is 2.25. The summed E-state index contributed by atoms with van der Waals surface area (Å²) in [6, 6.07) is 9.27. The Bertz CT molecular complexity index is 422. The van der Waals surface area contributed by atoms with Crippen LogP contribution in [0.1, 0.15) is 75.1 Å². The molecule has 0 saturated heterocycles. The lowest BCUT2D eigenvalue weighted by atomic mass is 10.1. The lowest BCUT2D eigenvalue weighted by Gasteiger charge is -1.99. The van der Waals surface area contributed by atoms with Gasteiger partial charge in [-0.25, -0.2) is 0 Å². The van der Waals surface area contributed by atoms with E-state index in [1.54, 1.807) is 0 Å². The third-order valence-electron chi connectivity index (χ3n) is 3.39. The Hall–Kier alpha value is -1.55. The Labute approximate surface area is 123 Å². The fraction of sp³-hybridized carbons (Fsp3) is 0.526. The molecule has 0 aliphatic rings. The molecular formula is C19H26O. The molecular weight excluding hydrogens is 244 g/mol. The number of hydrogen-bond acceptors (Lipinski definition) is 1. The molecule has 0 saturated carbocycles. The van der Waals surface area contributed by atoms with Crippen LogP contribution in [0.5, 0.6) is 0 Å². The Morgan fingerprint density at radius 3 is 2.15 bits per heavy atom. The number of rotatable bonds is 9. The number of benzene rings is 1. The van der Waals surface area contributed by atoms with E-state index in [0.29, 0.717) is 5.56 Å². The van der Waals surface area contributed by atoms with Gasteiger partial charge in [0.15, 0.2) is 0 Å². The van der Waals surface area contributed by atoms with Crippen molar-refractivity contribution in [3.8, 4) is 11.8 Å². The standard InChI is InChI=1S/C19H26O/c1-2-3-4-5-6-7-8-9-10-14-17-19(20)18-15-12-11-13-16-18/h11-13,15-16H,2-10H2,1H3. The molecule has 20 heavy (non-hydrogen) atoms. The summed E-state index contributed by atoms with van der Waals surface area (Å²) in [5.41, 5.74) is 0.691. The van der Waals surface area contributed by atoms with Crippen LogP contribution in [0.4, 0.5) is 0 Å². The highest BCUT2D eigenvalue weighted by Gasteiger charge is 1.98. The molecule has 0 bridgehead atoms. The third kappa shape index (κ3) is 7.79. The number of ketones is 1. The van der Waals surface area contributed by atoms with Crippen LogP contribution < -0.4 is 0 Å². The first-order chi connectivity index (χ1) is 9.84. The van der Waals surface area contributed by atoms with Gasteiger partial charge >= 0.3 is 0 Å². The van der Waals surface area contributed by atoms with Gasteiger partial charge in [-0.15, -0.1) is 0 Å². The summed E-state index contributed by atoms with van der Waals surface area (Å²) >= 11 is 0. The highest BCUT2D eigenvalue weighted by molar-refractivity contribution is 6.08. The van der Waals surface area contributed by atoms with Crippen molar-refractivity contribution in [1.29, 1.82) is 0 Å². The van der Waals surface area contributed by atoms with E-state index in [1.807, 2.05) is 30.3 Å². The molecule has 1 aromatic carbocycles. The molecule has 0 unspecified atom stereocenters. The molecule has 0 amide bonds. The summed E-state index contributed by atoms with van der Waals surface area (Å²) in [4.78, 5) is 11.7. The summed E-state index contributed by atoms with van der Waals surface area (Å²) in [5, 5.41) is 0. The SMILES string of the molecule is CCCCCCCCCCC#CC(=O)c1ccccc1. The second-order valence-corrected chi connectivity index (χ2v) is 5.22. The van der Waals surface area contributed by atoms with Gasteiger partial charge in [0.2, 0.25) is 5.78 Å². The molecule has 0 heterocycles. The van der Waals surface area contributed by atoms with E-state index in [9.17, 15) is 4.79 Å². The summed E-state index contributed by atoms with van der Waals surface area (Å²) in [7, 11) is 0. The second-order valence-electron chi connectivity index (χ2n) is 5.22. The van der Waals surface area contributed by atoms with E-state index < -0.39 is 0 Å². The largest absolute Gasteiger partial charge is 0.279 e. The van der Waals surface area contributed by atoms with E-state index in [-0.39, 0.29) is 5.78 Å². The first kappa shape index (κ1) is 16.5. The van der Waals surface area contributed by atoms with Gasteiger partial charge in [-0.05, 0) is 12.3 Å². The van der Waals surface area contributed by atoms with Crippen LogP contribution in [0.15, 0.2) is 30.3 Å². The van der Waals surface area contributed by atoms with Gasteiger partial charge in [0, 0.05) is 12.0 Å². The van der Waals surface area contributed by atoms with Gasteiger partial charge in [0.1, 0.15) is 0 Å². The lowest BCUT2D eigenvalue weighted by molar-refractivity contribution is 0.105. The van der Waals surface area contributed by atoms with Crippen molar-refractivity contribution in [1.82, 2.24) is 0 Å². The number of hydrogen-bond donors (Lipinski definition) is 0. The van der Waals surface area contributed by atoms with Gasteiger partial charge in [0.05, 0.1) is 0 Å². The molecule has 0 aromatic heterocycles. The van der Waals surface area contributed by atoms with Crippen LogP contribution in [0.2, 0.25) is 0 Å². The minimum atomic E-state index is -0.0647. The van der Waals surface area contributed by atoms with E-state index >= 15 is 0 Å². The minimum absolute atomic E-state index is 0.0647. The molecule has 0 radical (unpaired) electrons. The molecule has 1 nitrogen and oxygen atoms in total. The molecule has 0 spiro atoms. The zero-order valence-corrected chi connectivity index (χ0v) is 12.7. The highest BCUT2D eigenvalue weighted by atomic mass is 16.1. The maximum absolute atomic E-state index is 11.7. The van der Waals surface area contributed by atoms with E-state index in [2.05, 4.69) is 18.8 Å². The van der Waals surface area contributed by atoms with Crippen LogP contribution in [-0.4, -0.2) is 5.78 Å². The van der Waals surface area contributed by atoms with Gasteiger partial charge < -0.3 is 0 Å². The molecule has 1 aromatic rings. The van der Waals surface area contributed by atoms with Crippen molar-refractivity contribution in [2.45, 2.75) is 64.7 Å². The number of carbonyl (C=O) groups excluding carboxylic acids is 1. The zero-order chi connectivity index (χ0) is 14.5. The maximum Gasteiger partial charge on any atom is 0.235 e. The van der Waals surface area contributed by atoms with Crippen LogP contribution in [0.3, 0.4) is 0 Å². The van der Waals surface area contributed by atoms with E-state index in [4.69, 9.17) is 0 Å². The molecule has 0 N–H and O–H groups in total. The van der Waals surface area contributed by atoms with Crippen molar-refractivity contribution >= 4 is 5.78 Å². The molecule has 1 rings (SSSR count). The molecule has 0 aliphatic carbocycles. The summed E-state index contributed by atoms with van der Waals surface area (Å²) in [5.74, 6) is 5.66. The Morgan fingerprint density at radius 2 is 1.50 bits per heavy atom. The predicted octanol–water partition coefficient (Wildman–Crippen LogP) is 5.40. The first-order valence-electron chi connectivity index (χ1n) is 7.93. The Balaban J connectivity index is 2.04. The van der Waals surface area contributed by atoms with Gasteiger partial charge in [-0.3, -0.25) is 4.79 Å². The molecule has 1 heteroatoms. The van der Waals surface area contributed by atoms with Crippen LogP contribution in [-0.2, 0) is 0 Å². The zero-order valence-electron chi connectivity index (χ0n) is 12.7. The molecule has 0 fully saturated rings. The average Bonchev–Trinajstić information content (AvgIpc) is 2.50. The lowest BCUT2D eigenvalue weighted by Crippen LogP contribution is -1.93. The number of Topliss-reactive ketones (excluding diaryl/α,β-unsaturated/α-hetero) is 1. The van der Waals surface area contributed by atoms with Crippen molar-refractivity contribution < 1.29 is 4.79 Å². The van der Waals surface area contributed by atoms with Gasteiger partial charge in [-0.1, -0.05) is 88.1 Å². The molecule has 108 valence electrons. The van der Waals surface area contributed by atoms with E-state index in [0.717, 1.165) is 12.8 Å². The summed E-state index contributed by atoms with van der Waals surface area (Å²) in [6.07, 6.45) is 11.3. The monoisotopic (exact) mass is 270 g/mol. The van der Waals surface area contributed by atoms with Crippen molar-refractivity contribution in [2.75, 3.05) is 0 Å². The second kappa shape index (κ2) is 11.3. The average molecular weight is 270 g/mol. The first-order valence-corrected chi connectivity index (χ1v) is 7.93. The predicted molar refractivity (Wildman–Crippen MR) is 85.8 cm³/mol. The molecule has 0 aliphatic heterocycles. The minimum Gasteiger partial charge on any atom is -0.279 e. The van der Waals surface area contributed by atoms with Crippen LogP contribution in [0, 0.1) is 11.8 Å². The Kier molecular flexibility index (Phi) is 9.32. The maximum atomic E-state index is 11.7.